The number of nitrogens with zero attached hydrogens (tertiary/aromatic N) is 1. The fourth-order valence-corrected chi connectivity index (χ4v) is 3.44. The smallest absolute Gasteiger partial charge is 0.0975 e. The first kappa shape index (κ1) is 16.5. The molecule has 0 radical (unpaired) electrons. The first-order chi connectivity index (χ1) is 10.1. The van der Waals surface area contributed by atoms with Crippen molar-refractivity contribution in [1.82, 2.24) is 10.3 Å². The molecule has 0 fully saturated rings. The van der Waals surface area contributed by atoms with E-state index in [9.17, 15) is 0 Å². The quantitative estimate of drug-likeness (QED) is 0.799. The summed E-state index contributed by atoms with van der Waals surface area (Å²) in [6, 6.07) is 8.05. The second-order valence-electron chi connectivity index (χ2n) is 5.66. The van der Waals surface area contributed by atoms with E-state index in [0.717, 1.165) is 31.0 Å². The van der Waals surface area contributed by atoms with E-state index in [2.05, 4.69) is 38.2 Å². The average molecular weight is 323 g/mol. The molecular formula is C17H23ClN2S. The van der Waals surface area contributed by atoms with Gasteiger partial charge in [-0.2, -0.15) is 0 Å². The van der Waals surface area contributed by atoms with Gasteiger partial charge < -0.3 is 5.32 Å². The van der Waals surface area contributed by atoms with Gasteiger partial charge in [0.2, 0.25) is 0 Å². The number of benzene rings is 1. The minimum atomic E-state index is 0.635. The first-order valence-electron chi connectivity index (χ1n) is 7.51. The third-order valence-corrected chi connectivity index (χ3v) is 4.58. The van der Waals surface area contributed by atoms with Crippen LogP contribution in [-0.4, -0.2) is 11.5 Å². The van der Waals surface area contributed by atoms with Crippen molar-refractivity contribution in [3.05, 3.63) is 50.4 Å². The van der Waals surface area contributed by atoms with Crippen LogP contribution < -0.4 is 5.32 Å². The highest BCUT2D eigenvalue weighted by Crippen LogP contribution is 2.24. The predicted molar refractivity (Wildman–Crippen MR) is 92.3 cm³/mol. The van der Waals surface area contributed by atoms with Crippen LogP contribution in [0, 0.1) is 5.92 Å². The molecule has 0 bridgehead atoms. The van der Waals surface area contributed by atoms with Crippen molar-refractivity contribution in [2.45, 2.75) is 40.2 Å². The van der Waals surface area contributed by atoms with E-state index in [1.54, 1.807) is 0 Å². The number of hydrogen-bond donors (Lipinski definition) is 1. The summed E-state index contributed by atoms with van der Waals surface area (Å²) in [5.74, 6) is 0.635. The second kappa shape index (κ2) is 7.92. The largest absolute Gasteiger partial charge is 0.312 e. The highest BCUT2D eigenvalue weighted by atomic mass is 35.5. The van der Waals surface area contributed by atoms with Gasteiger partial charge in [-0.1, -0.05) is 44.5 Å². The van der Waals surface area contributed by atoms with Crippen LogP contribution in [0.25, 0.3) is 0 Å². The molecule has 2 aromatic rings. The summed E-state index contributed by atoms with van der Waals surface area (Å²) in [5.41, 5.74) is 2.53. The van der Waals surface area contributed by atoms with E-state index >= 15 is 0 Å². The van der Waals surface area contributed by atoms with Crippen LogP contribution in [0.1, 0.15) is 41.9 Å². The van der Waals surface area contributed by atoms with Gasteiger partial charge in [0.1, 0.15) is 0 Å². The number of halogens is 1. The molecule has 114 valence electrons. The molecule has 0 aliphatic rings. The van der Waals surface area contributed by atoms with Crippen molar-refractivity contribution in [1.29, 1.82) is 0 Å². The van der Waals surface area contributed by atoms with Crippen LogP contribution in [0.2, 0.25) is 5.02 Å². The lowest BCUT2D eigenvalue weighted by Crippen LogP contribution is -2.12. The Morgan fingerprint density at radius 2 is 1.95 bits per heavy atom. The van der Waals surface area contributed by atoms with E-state index in [0.29, 0.717) is 5.92 Å². The molecule has 0 aliphatic heterocycles. The molecule has 2 rings (SSSR count). The van der Waals surface area contributed by atoms with Crippen LogP contribution in [0.4, 0.5) is 0 Å². The Hall–Kier alpha value is -0.900. The normalized spacial score (nSPS) is 11.3. The summed E-state index contributed by atoms with van der Waals surface area (Å²) in [6.07, 6.45) is 1.94. The monoisotopic (exact) mass is 322 g/mol. The number of aromatic nitrogens is 1. The fraction of sp³-hybridized carbons (Fsp3) is 0.471. The second-order valence-corrected chi connectivity index (χ2v) is 7.26. The number of rotatable bonds is 7. The summed E-state index contributed by atoms with van der Waals surface area (Å²) in [7, 11) is 0. The van der Waals surface area contributed by atoms with E-state index in [4.69, 9.17) is 16.6 Å². The molecule has 0 amide bonds. The van der Waals surface area contributed by atoms with E-state index in [1.807, 2.05) is 23.5 Å². The zero-order valence-corrected chi connectivity index (χ0v) is 14.5. The predicted octanol–water partition coefficient (Wildman–Crippen LogP) is 4.70. The van der Waals surface area contributed by atoms with Crippen LogP contribution in [0.3, 0.4) is 0 Å². The lowest BCUT2D eigenvalue weighted by Gasteiger charge is -2.04. The topological polar surface area (TPSA) is 24.9 Å². The Kier molecular flexibility index (Phi) is 6.22. The Morgan fingerprint density at radius 3 is 2.57 bits per heavy atom. The molecule has 1 aromatic heterocycles. The lowest BCUT2D eigenvalue weighted by molar-refractivity contribution is 0.626. The van der Waals surface area contributed by atoms with E-state index < -0.39 is 0 Å². The molecule has 1 aromatic carbocycles. The van der Waals surface area contributed by atoms with Crippen molar-refractivity contribution >= 4 is 22.9 Å². The molecule has 0 unspecified atom stereocenters. The van der Waals surface area contributed by atoms with Crippen molar-refractivity contribution in [3.8, 4) is 0 Å². The van der Waals surface area contributed by atoms with Gasteiger partial charge in [-0.25, -0.2) is 4.98 Å². The first-order valence-corrected chi connectivity index (χ1v) is 8.70. The zero-order chi connectivity index (χ0) is 15.2. The summed E-state index contributed by atoms with van der Waals surface area (Å²) < 4.78 is 0. The van der Waals surface area contributed by atoms with Gasteiger partial charge in [-0.3, -0.25) is 0 Å². The van der Waals surface area contributed by atoms with Crippen LogP contribution in [0.15, 0.2) is 24.3 Å². The van der Waals surface area contributed by atoms with Gasteiger partial charge in [0, 0.05) is 22.9 Å². The lowest BCUT2D eigenvalue weighted by atomic mass is 10.1. The van der Waals surface area contributed by atoms with Gasteiger partial charge in [0.05, 0.1) is 10.7 Å². The maximum absolute atomic E-state index is 5.94. The molecular weight excluding hydrogens is 300 g/mol. The Bertz CT molecular complexity index is 561. The molecule has 4 heteroatoms. The maximum Gasteiger partial charge on any atom is 0.0975 e. The number of thiazole rings is 1. The SMILES string of the molecule is CCNCc1sc(Cc2ccc(Cl)cc2)nc1CC(C)C. The van der Waals surface area contributed by atoms with Crippen LogP contribution in [-0.2, 0) is 19.4 Å². The molecule has 0 spiro atoms. The van der Waals surface area contributed by atoms with Crippen LogP contribution >= 0.6 is 22.9 Å². The molecule has 0 saturated carbocycles. The Labute approximate surface area is 136 Å². The molecule has 0 atom stereocenters. The van der Waals surface area contributed by atoms with Gasteiger partial charge >= 0.3 is 0 Å². The fourth-order valence-electron chi connectivity index (χ4n) is 2.21. The summed E-state index contributed by atoms with van der Waals surface area (Å²) >= 11 is 7.77. The van der Waals surface area contributed by atoms with E-state index in [-0.39, 0.29) is 0 Å². The highest BCUT2D eigenvalue weighted by molar-refractivity contribution is 7.11. The molecule has 2 nitrogen and oxygen atoms in total. The third kappa shape index (κ3) is 5.10. The van der Waals surface area contributed by atoms with Gasteiger partial charge in [0.25, 0.3) is 0 Å². The van der Waals surface area contributed by atoms with Crippen molar-refractivity contribution in [2.24, 2.45) is 5.92 Å². The number of hydrogen-bond acceptors (Lipinski definition) is 3. The molecule has 0 saturated heterocycles. The summed E-state index contributed by atoms with van der Waals surface area (Å²) in [6.45, 7) is 8.55. The van der Waals surface area contributed by atoms with Gasteiger partial charge in [-0.05, 0) is 36.6 Å². The van der Waals surface area contributed by atoms with Crippen molar-refractivity contribution in [2.75, 3.05) is 6.54 Å². The standard InChI is InChI=1S/C17H23ClN2S/c1-4-19-11-16-15(9-12(2)3)20-17(21-16)10-13-5-7-14(18)8-6-13/h5-8,12,19H,4,9-11H2,1-3H3. The number of nitrogens with one attached hydrogen (secondary N) is 1. The Morgan fingerprint density at radius 1 is 1.24 bits per heavy atom. The minimum absolute atomic E-state index is 0.635. The third-order valence-electron chi connectivity index (χ3n) is 3.23. The molecule has 1 heterocycles. The highest BCUT2D eigenvalue weighted by Gasteiger charge is 2.12. The maximum atomic E-state index is 5.94. The van der Waals surface area contributed by atoms with Crippen molar-refractivity contribution in [3.63, 3.8) is 0 Å². The molecule has 0 aliphatic carbocycles. The summed E-state index contributed by atoms with van der Waals surface area (Å²) in [4.78, 5) is 6.25. The van der Waals surface area contributed by atoms with Crippen molar-refractivity contribution < 1.29 is 0 Å². The minimum Gasteiger partial charge on any atom is -0.312 e. The molecule has 21 heavy (non-hydrogen) atoms. The van der Waals surface area contributed by atoms with Gasteiger partial charge in [-0.15, -0.1) is 11.3 Å². The Balaban J connectivity index is 2.15. The zero-order valence-electron chi connectivity index (χ0n) is 12.9. The van der Waals surface area contributed by atoms with Crippen LogP contribution in [0.5, 0.6) is 0 Å². The average Bonchev–Trinajstić information content (AvgIpc) is 2.80. The molecule has 1 N–H and O–H groups in total. The van der Waals surface area contributed by atoms with Gasteiger partial charge in [0.15, 0.2) is 0 Å². The summed E-state index contributed by atoms with van der Waals surface area (Å²) in [5, 5.41) is 5.39. The van der Waals surface area contributed by atoms with E-state index in [1.165, 1.54) is 21.1 Å².